The van der Waals surface area contributed by atoms with Crippen LogP contribution in [0.3, 0.4) is 0 Å². The number of rotatable bonds is 13. The maximum atomic E-state index is 13.2. The van der Waals surface area contributed by atoms with Gasteiger partial charge >= 0.3 is 11.9 Å². The van der Waals surface area contributed by atoms with E-state index in [1.165, 1.54) is 61.7 Å². The summed E-state index contributed by atoms with van der Waals surface area (Å²) in [6, 6.07) is 17.8. The minimum Gasteiger partial charge on any atom is -0.481 e. The van der Waals surface area contributed by atoms with Crippen molar-refractivity contribution in [1.29, 1.82) is 0 Å². The zero-order chi connectivity index (χ0) is 38.8. The van der Waals surface area contributed by atoms with E-state index in [-0.39, 0.29) is 25.5 Å². The van der Waals surface area contributed by atoms with Crippen LogP contribution in [0.25, 0.3) is 11.4 Å². The Balaban J connectivity index is 0.000000208. The van der Waals surface area contributed by atoms with Crippen LogP contribution in [0.5, 0.6) is 0 Å². The highest BCUT2D eigenvalue weighted by atomic mass is 35.5. The van der Waals surface area contributed by atoms with Crippen LogP contribution in [0.1, 0.15) is 29.9 Å². The predicted molar refractivity (Wildman–Crippen MR) is 202 cm³/mol. The number of carboxylic acid groups (broad SMARTS) is 1. The van der Waals surface area contributed by atoms with Gasteiger partial charge in [0.25, 0.3) is 0 Å². The minimum absolute atomic E-state index is 0.0341. The molecule has 280 valence electrons. The number of carbonyl (C=O) groups is 2. The zero-order valence-corrected chi connectivity index (χ0v) is 31.2. The van der Waals surface area contributed by atoms with Crippen molar-refractivity contribution in [3.8, 4) is 11.4 Å². The first-order chi connectivity index (χ1) is 25.9. The smallest absolute Gasteiger partial charge is 0.315 e. The molecule has 0 radical (unpaired) electrons. The molecule has 0 amide bonds. The number of hydrogen-bond acceptors (Lipinski definition) is 9. The largest absolute Gasteiger partial charge is 0.481 e. The Labute approximate surface area is 327 Å². The fraction of sp³-hybridized carbons (Fsp3) is 0.167. The van der Waals surface area contributed by atoms with Crippen LogP contribution in [-0.2, 0) is 14.3 Å². The van der Waals surface area contributed by atoms with Crippen LogP contribution in [0, 0.1) is 11.6 Å². The molecule has 54 heavy (non-hydrogen) atoms. The summed E-state index contributed by atoms with van der Waals surface area (Å²) in [5.41, 5.74) is 3.37. The second-order valence-corrected chi connectivity index (χ2v) is 13.0. The van der Waals surface area contributed by atoms with Gasteiger partial charge in [0, 0.05) is 13.1 Å². The summed E-state index contributed by atoms with van der Waals surface area (Å²) >= 11 is 25.3. The molecule has 3 N–H and O–H groups in total. The van der Waals surface area contributed by atoms with E-state index < -0.39 is 29.6 Å². The van der Waals surface area contributed by atoms with Gasteiger partial charge in [-0.05, 0) is 66.6 Å². The van der Waals surface area contributed by atoms with E-state index in [1.807, 2.05) is 0 Å². The summed E-state index contributed by atoms with van der Waals surface area (Å²) in [4.78, 5) is 24.0. The van der Waals surface area contributed by atoms with Crippen molar-refractivity contribution >= 4 is 69.7 Å². The molecule has 0 aliphatic heterocycles. The second kappa shape index (κ2) is 18.7. The number of nitrogens with one attached hydrogen (secondary N) is 2. The third-order valence-electron chi connectivity index (χ3n) is 7.87. The van der Waals surface area contributed by atoms with Crippen molar-refractivity contribution < 1.29 is 28.2 Å². The number of aliphatic carboxylic acids is 1. The van der Waals surface area contributed by atoms with Crippen LogP contribution >= 0.6 is 46.4 Å². The zero-order valence-electron chi connectivity index (χ0n) is 28.1. The average molecular weight is 818 g/mol. The van der Waals surface area contributed by atoms with E-state index in [2.05, 4.69) is 31.0 Å². The van der Waals surface area contributed by atoms with E-state index in [1.54, 1.807) is 52.5 Å². The number of aromatic nitrogens is 6. The summed E-state index contributed by atoms with van der Waals surface area (Å²) in [7, 11) is 0. The van der Waals surface area contributed by atoms with Crippen LogP contribution < -0.4 is 10.6 Å². The Morgan fingerprint density at radius 1 is 0.667 bits per heavy atom. The fourth-order valence-corrected chi connectivity index (χ4v) is 6.37. The molecule has 2 atom stereocenters. The highest BCUT2D eigenvalue weighted by molar-refractivity contribution is 6.40. The first-order valence-electron chi connectivity index (χ1n) is 16.0. The Hall–Kier alpha value is -5.28. The Bertz CT molecular complexity index is 2130. The summed E-state index contributed by atoms with van der Waals surface area (Å²) in [6.07, 6.45) is 6.06. The van der Waals surface area contributed by atoms with Gasteiger partial charge in [-0.25, -0.2) is 8.78 Å². The lowest BCUT2D eigenvalue weighted by atomic mass is 9.99. The van der Waals surface area contributed by atoms with Crippen LogP contribution in [0.4, 0.5) is 20.2 Å². The highest BCUT2D eigenvalue weighted by Crippen LogP contribution is 2.35. The molecule has 12 nitrogen and oxygen atoms in total. The molecular weight excluding hydrogens is 788 g/mol. The number of benzene rings is 4. The molecule has 2 unspecified atom stereocenters. The summed E-state index contributed by atoms with van der Waals surface area (Å²) in [5.74, 6) is -3.81. The number of esters is 1. The quantitative estimate of drug-likeness (QED) is 0.0970. The lowest BCUT2D eigenvalue weighted by Gasteiger charge is -2.19. The van der Waals surface area contributed by atoms with E-state index in [0.29, 0.717) is 54.0 Å². The second-order valence-electron chi connectivity index (χ2n) is 11.4. The number of halogens is 6. The maximum Gasteiger partial charge on any atom is 0.315 e. The van der Waals surface area contributed by atoms with Crippen molar-refractivity contribution in [2.75, 3.05) is 30.3 Å². The molecule has 6 rings (SSSR count). The standard InChI is InChI=1S/C19H17Cl2FN4O2.C17H13Cl2FN4O2/c1-2-28-19(27)15(12-3-5-13(22)6-4-12)9-23-18-16(20)7-14(8-17(18)21)26-10-24-25-11-26;18-14-5-12(24-8-22-23-9-24)6-15(19)16(14)21-7-13(17(25)26)10-1-3-11(20)4-2-10/h3-8,10-11,15,23H,2,9H2,1H3;1-6,8-9,13,21H,7H2,(H,25,26). The molecule has 6 aromatic rings. The Kier molecular flexibility index (Phi) is 13.8. The van der Waals surface area contributed by atoms with E-state index in [9.17, 15) is 23.5 Å². The van der Waals surface area contributed by atoms with Gasteiger partial charge in [0.05, 0.1) is 61.3 Å². The Morgan fingerprint density at radius 3 is 1.37 bits per heavy atom. The third-order valence-corrected chi connectivity index (χ3v) is 9.06. The number of anilines is 2. The van der Waals surface area contributed by atoms with Crippen LogP contribution in [0.2, 0.25) is 20.1 Å². The van der Waals surface area contributed by atoms with Gasteiger partial charge in [-0.15, -0.1) is 20.4 Å². The average Bonchev–Trinajstić information content (AvgIpc) is 3.88. The highest BCUT2D eigenvalue weighted by Gasteiger charge is 2.24. The third kappa shape index (κ3) is 10.2. The van der Waals surface area contributed by atoms with E-state index in [4.69, 9.17) is 51.1 Å². The summed E-state index contributed by atoms with van der Waals surface area (Å²) in [5, 5.41) is 31.9. The molecule has 0 aliphatic rings. The van der Waals surface area contributed by atoms with Gasteiger partial charge in [-0.3, -0.25) is 18.7 Å². The lowest BCUT2D eigenvalue weighted by molar-refractivity contribution is -0.144. The molecule has 18 heteroatoms. The molecule has 2 heterocycles. The van der Waals surface area contributed by atoms with Crippen molar-refractivity contribution in [1.82, 2.24) is 29.5 Å². The lowest BCUT2D eigenvalue weighted by Crippen LogP contribution is -2.23. The van der Waals surface area contributed by atoms with Crippen molar-refractivity contribution in [2.24, 2.45) is 0 Å². The molecule has 0 spiro atoms. The molecule has 0 aliphatic carbocycles. The number of ether oxygens (including phenoxy) is 1. The van der Waals surface area contributed by atoms with Gasteiger partial charge in [-0.1, -0.05) is 70.7 Å². The number of carbonyl (C=O) groups excluding carboxylic acids is 1. The van der Waals surface area contributed by atoms with E-state index in [0.717, 1.165) is 0 Å². The first kappa shape index (κ1) is 39.9. The van der Waals surface area contributed by atoms with Gasteiger partial charge in [-0.2, -0.15) is 0 Å². The minimum atomic E-state index is -1.04. The molecule has 0 saturated heterocycles. The molecular formula is C36H30Cl4F2N8O4. The Morgan fingerprint density at radius 2 is 1.02 bits per heavy atom. The number of hydrogen-bond donors (Lipinski definition) is 3. The normalized spacial score (nSPS) is 11.9. The molecule has 0 bridgehead atoms. The molecule has 0 fully saturated rings. The van der Waals surface area contributed by atoms with Gasteiger partial charge in [0.1, 0.15) is 36.9 Å². The van der Waals surface area contributed by atoms with Gasteiger partial charge < -0.3 is 20.5 Å². The molecule has 0 saturated carbocycles. The molecule has 4 aromatic carbocycles. The van der Waals surface area contributed by atoms with Gasteiger partial charge in [0.15, 0.2) is 0 Å². The van der Waals surface area contributed by atoms with Crippen LogP contribution in [0.15, 0.2) is 98.1 Å². The monoisotopic (exact) mass is 816 g/mol. The summed E-state index contributed by atoms with van der Waals surface area (Å²) < 4.78 is 34.7. The first-order valence-corrected chi connectivity index (χ1v) is 17.5. The maximum absolute atomic E-state index is 13.2. The summed E-state index contributed by atoms with van der Waals surface area (Å²) in [6.45, 7) is 2.18. The number of nitrogens with zero attached hydrogens (tertiary/aromatic N) is 6. The fourth-order valence-electron chi connectivity index (χ4n) is 5.15. The van der Waals surface area contributed by atoms with Crippen molar-refractivity contribution in [3.63, 3.8) is 0 Å². The predicted octanol–water partition coefficient (Wildman–Crippen LogP) is 8.47. The SMILES string of the molecule is CCOC(=O)C(CNc1c(Cl)cc(-n2cnnc2)cc1Cl)c1ccc(F)cc1.O=C(O)C(CNc1c(Cl)cc(-n2cnnc2)cc1Cl)c1ccc(F)cc1. The topological polar surface area (TPSA) is 149 Å². The van der Waals surface area contributed by atoms with Gasteiger partial charge in [0.2, 0.25) is 0 Å². The number of carboxylic acids is 1. The van der Waals surface area contributed by atoms with Crippen molar-refractivity contribution in [2.45, 2.75) is 18.8 Å². The van der Waals surface area contributed by atoms with E-state index >= 15 is 0 Å². The molecule has 2 aromatic heterocycles. The van der Waals surface area contributed by atoms with Crippen LogP contribution in [-0.4, -0.2) is 66.3 Å². The van der Waals surface area contributed by atoms with Crippen molar-refractivity contribution in [3.05, 3.63) is 141 Å².